The van der Waals surface area contributed by atoms with Gasteiger partial charge in [0, 0.05) is 25.4 Å². The van der Waals surface area contributed by atoms with Crippen molar-refractivity contribution in [1.29, 1.82) is 0 Å². The van der Waals surface area contributed by atoms with Crippen LogP contribution in [0, 0.1) is 17.8 Å². The molecule has 21 heavy (non-hydrogen) atoms. The van der Waals surface area contributed by atoms with Crippen molar-refractivity contribution in [2.45, 2.75) is 12.8 Å². The van der Waals surface area contributed by atoms with Gasteiger partial charge >= 0.3 is 0 Å². The van der Waals surface area contributed by atoms with Gasteiger partial charge in [-0.2, -0.15) is 0 Å². The summed E-state index contributed by atoms with van der Waals surface area (Å²) in [5.74, 6) is 0.470. The number of ether oxygens (including phenoxy) is 1. The molecule has 3 aliphatic heterocycles. The van der Waals surface area contributed by atoms with Gasteiger partial charge in [-0.15, -0.1) is 0 Å². The normalized spacial score (nSPS) is 34.1. The van der Waals surface area contributed by atoms with Crippen molar-refractivity contribution in [1.82, 2.24) is 9.37 Å². The molecular weight excluding hydrogens is 296 g/mol. The molecule has 120 valence electrons. The third-order valence-corrected chi connectivity index (χ3v) is 5.90. The number of hydrogen-bond donors (Lipinski definition) is 0. The highest BCUT2D eigenvalue weighted by molar-refractivity contribution is 7.88. The predicted molar refractivity (Wildman–Crippen MR) is 74.6 cm³/mol. The molecule has 0 aromatic carbocycles. The molecule has 3 aliphatic rings. The first-order chi connectivity index (χ1) is 9.95. The van der Waals surface area contributed by atoms with Crippen LogP contribution in [0.25, 0.3) is 0 Å². The van der Waals surface area contributed by atoms with Crippen molar-refractivity contribution in [3.05, 3.63) is 0 Å². The minimum absolute atomic E-state index is 0.0143. The number of rotatable bonds is 3. The highest BCUT2D eigenvalue weighted by Gasteiger charge is 2.44. The molecule has 0 saturated carbocycles. The molecule has 0 aromatic rings. The van der Waals surface area contributed by atoms with Gasteiger partial charge in [-0.1, -0.05) is 0 Å². The van der Waals surface area contributed by atoms with Crippen molar-refractivity contribution in [3.63, 3.8) is 0 Å². The van der Waals surface area contributed by atoms with E-state index in [1.54, 1.807) is 0 Å². The fraction of sp³-hybridized carbons (Fsp3) is 0.923. The average Bonchev–Trinajstić information content (AvgIpc) is 3.07. The molecule has 3 saturated heterocycles. The van der Waals surface area contributed by atoms with Crippen LogP contribution in [0.1, 0.15) is 12.8 Å². The van der Waals surface area contributed by atoms with Crippen LogP contribution < -0.4 is 0 Å². The number of hydrogen-bond acceptors (Lipinski definition) is 5. The van der Waals surface area contributed by atoms with E-state index < -0.39 is 10.0 Å². The summed E-state index contributed by atoms with van der Waals surface area (Å²) in [7, 11) is -3.17. The highest BCUT2D eigenvalue weighted by Crippen LogP contribution is 2.37. The summed E-state index contributed by atoms with van der Waals surface area (Å²) in [5.41, 5.74) is 0. The van der Waals surface area contributed by atoms with Gasteiger partial charge in [0.05, 0.1) is 32.6 Å². The Bertz CT molecular complexity index is 503. The Hall–Kier alpha value is -0.700. The van der Waals surface area contributed by atoms with E-state index >= 15 is 0 Å². The van der Waals surface area contributed by atoms with Crippen molar-refractivity contribution in [2.24, 2.45) is 17.8 Å². The molecule has 0 aromatic heterocycles. The smallest absolute Gasteiger partial charge is 0.246 e. The highest BCUT2D eigenvalue weighted by atomic mass is 32.2. The molecule has 0 aliphatic carbocycles. The molecule has 3 heterocycles. The Morgan fingerprint density at radius 1 is 1.29 bits per heavy atom. The average molecular weight is 318 g/mol. The van der Waals surface area contributed by atoms with Gasteiger partial charge in [-0.3, -0.25) is 9.63 Å². The molecule has 3 atom stereocenters. The summed E-state index contributed by atoms with van der Waals surface area (Å²) in [4.78, 5) is 17.5. The minimum Gasteiger partial charge on any atom is -0.381 e. The number of carbonyl (C=O) groups is 1. The van der Waals surface area contributed by atoms with E-state index in [0.717, 1.165) is 6.42 Å². The van der Waals surface area contributed by atoms with Crippen molar-refractivity contribution in [2.75, 3.05) is 45.7 Å². The topological polar surface area (TPSA) is 76.2 Å². The zero-order chi connectivity index (χ0) is 15.0. The zero-order valence-corrected chi connectivity index (χ0v) is 13.0. The fourth-order valence-electron chi connectivity index (χ4n) is 3.51. The van der Waals surface area contributed by atoms with E-state index in [1.165, 1.54) is 15.6 Å². The molecule has 0 N–H and O–H groups in total. The minimum atomic E-state index is -3.17. The maximum absolute atomic E-state index is 12.2. The number of fused-ring (bicyclic) bond motifs is 1. The SMILES string of the molecule is CS(=O)(=O)N1C[C@@H]2COC[C@@H](CC(=O)N3CCCO3)[C@@H]2C1. The monoisotopic (exact) mass is 318 g/mol. The molecule has 0 spiro atoms. The number of sulfonamides is 1. The van der Waals surface area contributed by atoms with Gasteiger partial charge in [-0.05, 0) is 18.3 Å². The van der Waals surface area contributed by atoms with E-state index in [9.17, 15) is 13.2 Å². The van der Waals surface area contributed by atoms with Gasteiger partial charge in [0.2, 0.25) is 15.9 Å². The van der Waals surface area contributed by atoms with Crippen LogP contribution in [0.5, 0.6) is 0 Å². The number of nitrogens with zero attached hydrogens (tertiary/aromatic N) is 2. The van der Waals surface area contributed by atoms with Crippen molar-refractivity contribution in [3.8, 4) is 0 Å². The van der Waals surface area contributed by atoms with Crippen molar-refractivity contribution < 1.29 is 22.8 Å². The van der Waals surface area contributed by atoms with Crippen LogP contribution in [0.3, 0.4) is 0 Å². The number of carbonyl (C=O) groups excluding carboxylic acids is 1. The summed E-state index contributed by atoms with van der Waals surface area (Å²) in [6, 6.07) is 0. The number of hydroxylamine groups is 2. The lowest BCUT2D eigenvalue weighted by molar-refractivity contribution is -0.171. The van der Waals surface area contributed by atoms with Crippen LogP contribution in [-0.4, -0.2) is 69.4 Å². The number of amides is 1. The Labute approximate surface area is 125 Å². The van der Waals surface area contributed by atoms with Crippen LogP contribution >= 0.6 is 0 Å². The van der Waals surface area contributed by atoms with E-state index in [0.29, 0.717) is 45.9 Å². The van der Waals surface area contributed by atoms with Gasteiger partial charge in [0.15, 0.2) is 0 Å². The molecule has 0 bridgehead atoms. The van der Waals surface area contributed by atoms with Crippen LogP contribution in [0.15, 0.2) is 0 Å². The molecule has 0 radical (unpaired) electrons. The first-order valence-electron chi connectivity index (χ1n) is 7.41. The van der Waals surface area contributed by atoms with Crippen LogP contribution in [0.2, 0.25) is 0 Å². The summed E-state index contributed by atoms with van der Waals surface area (Å²) in [6.45, 7) is 3.37. The van der Waals surface area contributed by atoms with E-state index in [1.807, 2.05) is 0 Å². The van der Waals surface area contributed by atoms with Crippen molar-refractivity contribution >= 4 is 15.9 Å². The largest absolute Gasteiger partial charge is 0.381 e. The van der Waals surface area contributed by atoms with Crippen LogP contribution in [0.4, 0.5) is 0 Å². The van der Waals surface area contributed by atoms with Gasteiger partial charge in [0.1, 0.15) is 0 Å². The quantitative estimate of drug-likeness (QED) is 0.714. The lowest BCUT2D eigenvalue weighted by Crippen LogP contribution is -2.38. The summed E-state index contributed by atoms with van der Waals surface area (Å²) >= 11 is 0. The molecule has 3 fully saturated rings. The van der Waals surface area contributed by atoms with E-state index in [4.69, 9.17) is 9.57 Å². The first kappa shape index (κ1) is 15.2. The fourth-order valence-corrected chi connectivity index (χ4v) is 4.42. The van der Waals surface area contributed by atoms with Crippen LogP contribution in [-0.2, 0) is 24.4 Å². The second-order valence-electron chi connectivity index (χ2n) is 6.19. The van der Waals surface area contributed by atoms with Gasteiger partial charge in [0.25, 0.3) is 0 Å². The Morgan fingerprint density at radius 3 is 2.76 bits per heavy atom. The predicted octanol–water partition coefficient (Wildman–Crippen LogP) is -0.306. The summed E-state index contributed by atoms with van der Waals surface area (Å²) in [6.07, 6.45) is 2.49. The third-order valence-electron chi connectivity index (χ3n) is 4.66. The maximum atomic E-state index is 12.2. The molecule has 0 unspecified atom stereocenters. The molecule has 7 nitrogen and oxygen atoms in total. The second kappa shape index (κ2) is 5.83. The summed E-state index contributed by atoms with van der Waals surface area (Å²) < 4.78 is 30.5. The molecule has 3 rings (SSSR count). The van der Waals surface area contributed by atoms with Gasteiger partial charge in [-0.25, -0.2) is 17.8 Å². The maximum Gasteiger partial charge on any atom is 0.246 e. The third kappa shape index (κ3) is 3.23. The first-order valence-corrected chi connectivity index (χ1v) is 9.26. The lowest BCUT2D eigenvalue weighted by atomic mass is 9.81. The summed E-state index contributed by atoms with van der Waals surface area (Å²) in [5, 5.41) is 1.44. The molecular formula is C13H22N2O5S. The lowest BCUT2D eigenvalue weighted by Gasteiger charge is -2.33. The molecule has 1 amide bonds. The Kier molecular flexibility index (Phi) is 4.22. The Morgan fingerprint density at radius 2 is 2.10 bits per heavy atom. The zero-order valence-electron chi connectivity index (χ0n) is 12.2. The van der Waals surface area contributed by atoms with E-state index in [2.05, 4.69) is 0 Å². The van der Waals surface area contributed by atoms with Gasteiger partial charge < -0.3 is 4.74 Å². The Balaban J connectivity index is 1.64. The van der Waals surface area contributed by atoms with E-state index in [-0.39, 0.29) is 23.7 Å². The standard InChI is InChI=1S/C13H22N2O5S/c1-21(17,18)14-6-11-9-19-8-10(12(11)7-14)5-13(16)15-3-2-4-20-15/h10-12H,2-9H2,1H3/t10-,11-,12+/m1/s1. The molecule has 8 heteroatoms. The second-order valence-corrected chi connectivity index (χ2v) is 8.17.